The van der Waals surface area contributed by atoms with Crippen molar-refractivity contribution in [3.63, 3.8) is 0 Å². The van der Waals surface area contributed by atoms with Gasteiger partial charge in [-0.2, -0.15) is 0 Å². The number of hydrogen-bond donors (Lipinski definition) is 2. The Balaban J connectivity index is 0. The summed E-state index contributed by atoms with van der Waals surface area (Å²) in [6.07, 6.45) is 8.84. The topological polar surface area (TPSA) is 49.9 Å². The third-order valence-corrected chi connectivity index (χ3v) is 1.57. The van der Waals surface area contributed by atoms with Crippen molar-refractivity contribution in [1.29, 1.82) is 5.41 Å². The molecule has 0 aromatic heterocycles. The smallest absolute Gasteiger partial charge is 0.122 e. The van der Waals surface area contributed by atoms with E-state index in [0.29, 0.717) is 0 Å². The second-order valence-corrected chi connectivity index (χ2v) is 4.67. The Bertz CT molecular complexity index is 325. The zero-order valence-corrected chi connectivity index (χ0v) is 12.5. The summed E-state index contributed by atoms with van der Waals surface area (Å²) in [5.74, 6) is 0.135. The second-order valence-electron chi connectivity index (χ2n) is 4.67. The molecule has 0 saturated carbocycles. The van der Waals surface area contributed by atoms with Crippen molar-refractivity contribution in [1.82, 2.24) is 0 Å². The molecule has 0 saturated heterocycles. The Hall–Kier alpha value is -1.38. The Labute approximate surface area is 111 Å². The van der Waals surface area contributed by atoms with Crippen LogP contribution in [0.5, 0.6) is 0 Å². The summed E-state index contributed by atoms with van der Waals surface area (Å²) in [6, 6.07) is 0. The van der Waals surface area contributed by atoms with Crippen molar-refractivity contribution >= 4 is 5.84 Å². The van der Waals surface area contributed by atoms with Gasteiger partial charge >= 0.3 is 0 Å². The first-order valence-corrected chi connectivity index (χ1v) is 6.28. The van der Waals surface area contributed by atoms with Gasteiger partial charge in [0.15, 0.2) is 0 Å². The van der Waals surface area contributed by atoms with Gasteiger partial charge in [-0.05, 0) is 40.2 Å². The first-order chi connectivity index (χ1) is 8.20. The Morgan fingerprint density at radius 2 is 1.78 bits per heavy atom. The Morgan fingerprint density at radius 1 is 1.33 bits per heavy atom. The van der Waals surface area contributed by atoms with Crippen LogP contribution in [0.15, 0.2) is 35.5 Å². The van der Waals surface area contributed by atoms with Crippen LogP contribution in [0.4, 0.5) is 4.39 Å². The van der Waals surface area contributed by atoms with Crippen molar-refractivity contribution in [3.05, 3.63) is 35.5 Å². The van der Waals surface area contributed by atoms with E-state index in [2.05, 4.69) is 6.08 Å². The molecule has 1 rings (SSSR count). The fourth-order valence-electron chi connectivity index (χ4n) is 0.969. The van der Waals surface area contributed by atoms with Gasteiger partial charge < -0.3 is 5.73 Å². The van der Waals surface area contributed by atoms with E-state index in [1.807, 2.05) is 39.0 Å². The molecule has 104 valence electrons. The number of alkyl halides is 1. The van der Waals surface area contributed by atoms with Crippen LogP contribution in [-0.2, 0) is 0 Å². The van der Waals surface area contributed by atoms with E-state index >= 15 is 0 Å². The van der Waals surface area contributed by atoms with Gasteiger partial charge in [-0.25, -0.2) is 4.39 Å². The maximum Gasteiger partial charge on any atom is 0.122 e. The molecule has 0 aromatic carbocycles. The van der Waals surface area contributed by atoms with Crippen LogP contribution in [0.2, 0.25) is 0 Å². The molecule has 2 nitrogen and oxygen atoms in total. The van der Waals surface area contributed by atoms with E-state index in [-0.39, 0.29) is 5.84 Å². The molecule has 1 aliphatic rings. The first-order valence-electron chi connectivity index (χ1n) is 6.28. The molecular formula is C15H27FN2. The molecule has 1 aliphatic carbocycles. The average Bonchev–Trinajstić information content (AvgIpc) is 2.43. The van der Waals surface area contributed by atoms with Gasteiger partial charge in [-0.15, -0.1) is 0 Å². The molecule has 0 unspecified atom stereocenters. The van der Waals surface area contributed by atoms with Gasteiger partial charge in [0, 0.05) is 5.57 Å². The van der Waals surface area contributed by atoms with Gasteiger partial charge in [-0.1, -0.05) is 37.6 Å². The Morgan fingerprint density at radius 3 is 2.17 bits per heavy atom. The van der Waals surface area contributed by atoms with Crippen LogP contribution in [0, 0.1) is 5.41 Å². The highest BCUT2D eigenvalue weighted by molar-refractivity contribution is 5.97. The van der Waals surface area contributed by atoms with E-state index in [1.54, 1.807) is 0 Å². The SMILES string of the molecule is CC.CC(C)(C)F.CC1=CCC=CC(C(=N)N)=C1. The van der Waals surface area contributed by atoms with Gasteiger partial charge in [0.1, 0.15) is 11.5 Å². The quantitative estimate of drug-likeness (QED) is 0.524. The van der Waals surface area contributed by atoms with E-state index < -0.39 is 5.67 Å². The lowest BCUT2D eigenvalue weighted by Gasteiger charge is -1.99. The van der Waals surface area contributed by atoms with Crippen molar-refractivity contribution in [2.75, 3.05) is 0 Å². The summed E-state index contributed by atoms with van der Waals surface area (Å²) >= 11 is 0. The summed E-state index contributed by atoms with van der Waals surface area (Å²) in [5, 5.41) is 7.21. The maximum atomic E-state index is 11.7. The van der Waals surface area contributed by atoms with Crippen LogP contribution in [0.25, 0.3) is 0 Å². The lowest BCUT2D eigenvalue weighted by Crippen LogP contribution is -2.11. The second kappa shape index (κ2) is 9.63. The van der Waals surface area contributed by atoms with Crippen molar-refractivity contribution < 1.29 is 4.39 Å². The molecule has 0 spiro atoms. The highest BCUT2D eigenvalue weighted by Gasteiger charge is 2.02. The van der Waals surface area contributed by atoms with Crippen LogP contribution >= 0.6 is 0 Å². The minimum absolute atomic E-state index is 0.135. The standard InChI is InChI=1S/C9H12N2.C4H9F.C2H6/c1-7-4-2-3-5-8(6-7)9(10)11;1-4(2,3)5;1-2/h3-6H,2H2,1H3,(H3,10,11);1-3H3;1-2H3. The molecule has 0 aromatic rings. The minimum atomic E-state index is -1.00. The van der Waals surface area contributed by atoms with Crippen molar-refractivity contribution in [3.8, 4) is 0 Å². The molecule has 0 heterocycles. The van der Waals surface area contributed by atoms with E-state index in [4.69, 9.17) is 11.1 Å². The third-order valence-electron chi connectivity index (χ3n) is 1.57. The molecule has 0 fully saturated rings. The average molecular weight is 254 g/mol. The summed E-state index contributed by atoms with van der Waals surface area (Å²) in [4.78, 5) is 0. The lowest BCUT2D eigenvalue weighted by atomic mass is 10.2. The van der Waals surface area contributed by atoms with Gasteiger partial charge in [0.05, 0.1) is 0 Å². The van der Waals surface area contributed by atoms with Crippen LogP contribution in [0.1, 0.15) is 48.0 Å². The number of nitrogens with two attached hydrogens (primary N) is 1. The normalized spacial score (nSPS) is 13.9. The molecular weight excluding hydrogens is 227 g/mol. The third kappa shape index (κ3) is 14.6. The molecule has 0 aliphatic heterocycles. The molecule has 0 bridgehead atoms. The molecule has 0 amide bonds. The van der Waals surface area contributed by atoms with Crippen molar-refractivity contribution in [2.24, 2.45) is 5.73 Å². The zero-order chi connectivity index (χ0) is 14.8. The lowest BCUT2D eigenvalue weighted by molar-refractivity contribution is 0.246. The van der Waals surface area contributed by atoms with Gasteiger partial charge in [0.2, 0.25) is 0 Å². The summed E-state index contributed by atoms with van der Waals surface area (Å²) in [6.45, 7) is 10.6. The number of nitrogens with one attached hydrogen (secondary N) is 1. The Kier molecular flexibility index (Phi) is 10.1. The van der Waals surface area contributed by atoms with E-state index in [0.717, 1.165) is 12.0 Å². The fraction of sp³-hybridized carbons (Fsp3) is 0.533. The van der Waals surface area contributed by atoms with Gasteiger partial charge in [-0.3, -0.25) is 5.41 Å². The number of rotatable bonds is 1. The first kappa shape index (κ1) is 19.0. The number of allylic oxidation sites excluding steroid dienone is 4. The largest absolute Gasteiger partial charge is 0.384 e. The maximum absolute atomic E-state index is 11.7. The zero-order valence-electron chi connectivity index (χ0n) is 12.5. The van der Waals surface area contributed by atoms with Crippen LogP contribution in [-0.4, -0.2) is 11.5 Å². The minimum Gasteiger partial charge on any atom is -0.384 e. The number of halogens is 1. The predicted molar refractivity (Wildman–Crippen MR) is 79.7 cm³/mol. The number of hydrogen-bond acceptors (Lipinski definition) is 1. The summed E-state index contributed by atoms with van der Waals surface area (Å²) in [7, 11) is 0. The number of amidine groups is 1. The molecule has 0 atom stereocenters. The summed E-state index contributed by atoms with van der Waals surface area (Å²) in [5.41, 5.74) is 6.30. The summed E-state index contributed by atoms with van der Waals surface area (Å²) < 4.78 is 11.7. The van der Waals surface area contributed by atoms with Crippen LogP contribution < -0.4 is 5.73 Å². The van der Waals surface area contributed by atoms with E-state index in [9.17, 15) is 4.39 Å². The highest BCUT2D eigenvalue weighted by Crippen LogP contribution is 2.09. The molecule has 3 N–H and O–H groups in total. The molecule has 3 heteroatoms. The monoisotopic (exact) mass is 254 g/mol. The molecule has 0 radical (unpaired) electrons. The van der Waals surface area contributed by atoms with Crippen LogP contribution in [0.3, 0.4) is 0 Å². The fourth-order valence-corrected chi connectivity index (χ4v) is 0.969. The highest BCUT2D eigenvalue weighted by atomic mass is 19.1. The van der Waals surface area contributed by atoms with Crippen molar-refractivity contribution in [2.45, 2.75) is 53.6 Å². The predicted octanol–water partition coefficient (Wildman–Crippen LogP) is 4.54. The molecule has 18 heavy (non-hydrogen) atoms. The van der Waals surface area contributed by atoms with E-state index in [1.165, 1.54) is 26.3 Å². The van der Waals surface area contributed by atoms with Gasteiger partial charge in [0.25, 0.3) is 0 Å².